The van der Waals surface area contributed by atoms with Gasteiger partial charge < -0.3 is 10.4 Å². The van der Waals surface area contributed by atoms with Crippen LogP contribution >= 0.6 is 11.6 Å². The number of nitrogens with one attached hydrogen (secondary N) is 1. The van der Waals surface area contributed by atoms with Crippen molar-refractivity contribution in [3.05, 3.63) is 47.2 Å². The minimum atomic E-state index is -3.87. The van der Waals surface area contributed by atoms with Gasteiger partial charge in [0.25, 0.3) is 0 Å². The quantitative estimate of drug-likeness (QED) is 0.621. The number of halogens is 2. The first-order chi connectivity index (χ1) is 12.5. The number of fused-ring (bicyclic) bond motifs is 1. The van der Waals surface area contributed by atoms with Crippen LogP contribution in [0.3, 0.4) is 0 Å². The van der Waals surface area contributed by atoms with Gasteiger partial charge in [-0.05, 0) is 51.1 Å². The summed E-state index contributed by atoms with van der Waals surface area (Å²) in [7, 11) is -3.87. The van der Waals surface area contributed by atoms with Crippen molar-refractivity contribution in [2.24, 2.45) is 0 Å². The number of sulfone groups is 1. The number of rotatable bonds is 3. The lowest BCUT2D eigenvalue weighted by atomic mass is 10.2. The molecule has 0 unspecified atom stereocenters. The highest BCUT2D eigenvalue weighted by Crippen LogP contribution is 2.31. The second-order valence-electron chi connectivity index (χ2n) is 6.92. The number of phenols is 1. The average Bonchev–Trinajstić information content (AvgIpc) is 2.55. The number of aromatic hydroxyl groups is 1. The molecule has 0 saturated carbocycles. The molecule has 9 heteroatoms. The van der Waals surface area contributed by atoms with Crippen LogP contribution < -0.4 is 5.32 Å². The molecule has 1 heterocycles. The van der Waals surface area contributed by atoms with Crippen molar-refractivity contribution in [2.75, 3.05) is 5.32 Å². The molecule has 0 spiro atoms. The Morgan fingerprint density at radius 2 is 1.81 bits per heavy atom. The van der Waals surface area contributed by atoms with Crippen LogP contribution in [0.5, 0.6) is 5.75 Å². The van der Waals surface area contributed by atoms with Crippen LogP contribution in [-0.2, 0) is 9.84 Å². The third-order valence-electron chi connectivity index (χ3n) is 3.89. The first-order valence-electron chi connectivity index (χ1n) is 7.96. The Balaban J connectivity index is 2.24. The number of benzene rings is 2. The van der Waals surface area contributed by atoms with Crippen LogP contribution in [0, 0.1) is 5.82 Å². The molecule has 0 fully saturated rings. The van der Waals surface area contributed by atoms with E-state index in [-0.39, 0.29) is 27.8 Å². The molecule has 2 aromatic carbocycles. The molecule has 0 bridgehead atoms. The van der Waals surface area contributed by atoms with E-state index in [2.05, 4.69) is 15.3 Å². The van der Waals surface area contributed by atoms with Gasteiger partial charge in [0, 0.05) is 16.5 Å². The van der Waals surface area contributed by atoms with Crippen molar-refractivity contribution in [1.82, 2.24) is 9.97 Å². The molecule has 2 N–H and O–H groups in total. The van der Waals surface area contributed by atoms with E-state index in [1.807, 2.05) is 0 Å². The molecule has 6 nitrogen and oxygen atoms in total. The van der Waals surface area contributed by atoms with Gasteiger partial charge in [-0.3, -0.25) is 0 Å². The summed E-state index contributed by atoms with van der Waals surface area (Å²) in [6, 6.07) is 8.30. The van der Waals surface area contributed by atoms with Crippen LogP contribution in [0.15, 0.2) is 41.6 Å². The van der Waals surface area contributed by atoms with Gasteiger partial charge >= 0.3 is 0 Å². The van der Waals surface area contributed by atoms with E-state index in [4.69, 9.17) is 11.6 Å². The molecule has 0 aliphatic rings. The first kappa shape index (κ1) is 19.3. The Hall–Kier alpha value is -2.45. The molecule has 0 saturated heterocycles. The average molecular weight is 410 g/mol. The molecule has 3 rings (SSSR count). The lowest BCUT2D eigenvalue weighted by Gasteiger charge is -2.19. The number of aromatic nitrogens is 2. The fraction of sp³-hybridized carbons (Fsp3) is 0.222. The smallest absolute Gasteiger partial charge is 0.250 e. The summed E-state index contributed by atoms with van der Waals surface area (Å²) in [4.78, 5) is 8.24. The Labute approximate surface area is 161 Å². The monoisotopic (exact) mass is 409 g/mol. The Kier molecular flexibility index (Phi) is 4.73. The predicted octanol–water partition coefficient (Wildman–Crippen LogP) is 4.44. The first-order valence-corrected chi connectivity index (χ1v) is 9.82. The van der Waals surface area contributed by atoms with Gasteiger partial charge in [0.2, 0.25) is 15.0 Å². The van der Waals surface area contributed by atoms with Crippen molar-refractivity contribution in [2.45, 2.75) is 30.7 Å². The maximum absolute atomic E-state index is 14.2. The van der Waals surface area contributed by atoms with Gasteiger partial charge in [0.1, 0.15) is 17.4 Å². The zero-order valence-corrected chi connectivity index (χ0v) is 16.4. The zero-order chi connectivity index (χ0) is 20.0. The van der Waals surface area contributed by atoms with Crippen LogP contribution in [-0.4, -0.2) is 28.2 Å². The van der Waals surface area contributed by atoms with Crippen LogP contribution in [0.2, 0.25) is 5.02 Å². The lowest BCUT2D eigenvalue weighted by Crippen LogP contribution is -2.29. The molecule has 0 aliphatic heterocycles. The number of anilines is 2. The Morgan fingerprint density at radius 3 is 2.44 bits per heavy atom. The summed E-state index contributed by atoms with van der Waals surface area (Å²) in [5, 5.41) is 12.8. The second kappa shape index (κ2) is 6.61. The van der Waals surface area contributed by atoms with Crippen molar-refractivity contribution in [3.63, 3.8) is 0 Å². The van der Waals surface area contributed by atoms with Crippen molar-refractivity contribution >= 4 is 43.8 Å². The minimum absolute atomic E-state index is 0.0755. The molecule has 0 atom stereocenters. The molecular formula is C18H17ClFN3O3S. The summed E-state index contributed by atoms with van der Waals surface area (Å²) in [6.45, 7) is 4.60. The van der Waals surface area contributed by atoms with Crippen molar-refractivity contribution in [1.29, 1.82) is 0 Å². The summed E-state index contributed by atoms with van der Waals surface area (Å²) < 4.78 is 38.6. The highest BCUT2D eigenvalue weighted by atomic mass is 35.5. The van der Waals surface area contributed by atoms with Crippen LogP contribution in [0.25, 0.3) is 10.9 Å². The van der Waals surface area contributed by atoms with Gasteiger partial charge in [-0.25, -0.2) is 22.8 Å². The van der Waals surface area contributed by atoms with E-state index in [9.17, 15) is 17.9 Å². The van der Waals surface area contributed by atoms with Gasteiger partial charge in [0.05, 0.1) is 16.0 Å². The highest BCUT2D eigenvalue weighted by molar-refractivity contribution is 7.92. The lowest BCUT2D eigenvalue weighted by molar-refractivity contribution is 0.476. The molecule has 1 aromatic heterocycles. The molecule has 3 aromatic rings. The van der Waals surface area contributed by atoms with Gasteiger partial charge in [-0.2, -0.15) is 0 Å². The predicted molar refractivity (Wildman–Crippen MR) is 103 cm³/mol. The molecule has 0 radical (unpaired) electrons. The normalized spacial score (nSPS) is 12.3. The topological polar surface area (TPSA) is 92.2 Å². The summed E-state index contributed by atoms with van der Waals surface area (Å²) in [5.41, 5.74) is 0.288. The molecule has 142 valence electrons. The van der Waals surface area contributed by atoms with Gasteiger partial charge in [0.15, 0.2) is 0 Å². The fourth-order valence-corrected chi connectivity index (χ4v) is 3.44. The number of phenolic OH excluding ortho intramolecular Hbond substituents is 1. The number of hydrogen-bond donors (Lipinski definition) is 2. The summed E-state index contributed by atoms with van der Waals surface area (Å²) in [6.07, 6.45) is 0. The highest BCUT2D eigenvalue weighted by Gasteiger charge is 2.34. The third kappa shape index (κ3) is 3.68. The molecule has 0 amide bonds. The molecule has 27 heavy (non-hydrogen) atoms. The number of hydrogen-bond acceptors (Lipinski definition) is 6. The van der Waals surface area contributed by atoms with E-state index in [0.717, 1.165) is 6.07 Å². The minimum Gasteiger partial charge on any atom is -0.508 e. The zero-order valence-electron chi connectivity index (χ0n) is 14.8. The van der Waals surface area contributed by atoms with E-state index in [1.54, 1.807) is 0 Å². The largest absolute Gasteiger partial charge is 0.508 e. The summed E-state index contributed by atoms with van der Waals surface area (Å²) in [5.74, 6) is -0.596. The van der Waals surface area contributed by atoms with Crippen LogP contribution in [0.4, 0.5) is 15.9 Å². The Bertz CT molecular complexity index is 1140. The van der Waals surface area contributed by atoms with E-state index < -0.39 is 25.6 Å². The van der Waals surface area contributed by atoms with Crippen molar-refractivity contribution in [3.8, 4) is 5.75 Å². The standard InChI is InChI=1S/C18H17ClFN3O3S/c1-18(2,3)27(25,26)17-22-15-9-11(24)5-6-12(15)16(23-17)21-14-7-4-10(19)8-13(14)20/h4-9,24H,1-3H3,(H,21,22,23). The molecule has 0 aliphatic carbocycles. The SMILES string of the molecule is CC(C)(C)S(=O)(=O)c1nc(Nc2ccc(Cl)cc2F)c2ccc(O)cc2n1. The van der Waals surface area contributed by atoms with E-state index >= 15 is 0 Å². The van der Waals surface area contributed by atoms with Crippen molar-refractivity contribution < 1.29 is 17.9 Å². The maximum Gasteiger partial charge on any atom is 0.250 e. The maximum atomic E-state index is 14.2. The third-order valence-corrected chi connectivity index (χ3v) is 6.40. The Morgan fingerprint density at radius 1 is 1.11 bits per heavy atom. The second-order valence-corrected chi connectivity index (χ2v) is 9.95. The van der Waals surface area contributed by atoms with Crippen LogP contribution in [0.1, 0.15) is 20.8 Å². The van der Waals surface area contributed by atoms with E-state index in [1.165, 1.54) is 51.1 Å². The fourth-order valence-electron chi connectivity index (χ4n) is 2.30. The van der Waals surface area contributed by atoms with Gasteiger partial charge in [-0.1, -0.05) is 11.6 Å². The summed E-state index contributed by atoms with van der Waals surface area (Å²) >= 11 is 5.77. The number of nitrogens with zero attached hydrogens (tertiary/aromatic N) is 2. The van der Waals surface area contributed by atoms with E-state index in [0.29, 0.717) is 5.39 Å². The molecular weight excluding hydrogens is 393 g/mol. The van der Waals surface area contributed by atoms with Gasteiger partial charge in [-0.15, -0.1) is 0 Å².